The van der Waals surface area contributed by atoms with Crippen LogP contribution in [-0.2, 0) is 0 Å². The maximum absolute atomic E-state index is 4.24. The minimum atomic E-state index is 0.513. The summed E-state index contributed by atoms with van der Waals surface area (Å²) in [6, 6.07) is 4.23. The molecule has 2 bridgehead atoms. The van der Waals surface area contributed by atoms with Crippen molar-refractivity contribution in [3.63, 3.8) is 0 Å². The first-order valence-electron chi connectivity index (χ1n) is 6.76. The zero-order valence-electron chi connectivity index (χ0n) is 10.2. The first-order chi connectivity index (χ1) is 8.36. The van der Waals surface area contributed by atoms with Gasteiger partial charge in [0.2, 0.25) is 0 Å². The predicted molar refractivity (Wildman–Crippen MR) is 68.1 cm³/mol. The molecule has 3 unspecified atom stereocenters. The van der Waals surface area contributed by atoms with Crippen LogP contribution in [0.1, 0.15) is 19.3 Å². The average Bonchev–Trinajstić information content (AvgIpc) is 3.06. The van der Waals surface area contributed by atoms with E-state index in [4.69, 9.17) is 0 Å². The quantitative estimate of drug-likeness (QED) is 0.731. The fourth-order valence-corrected chi connectivity index (χ4v) is 4.14. The van der Waals surface area contributed by atoms with Gasteiger partial charge in [-0.15, -0.1) is 0 Å². The zero-order chi connectivity index (χ0) is 11.3. The van der Waals surface area contributed by atoms with Crippen LogP contribution >= 0.6 is 0 Å². The van der Waals surface area contributed by atoms with E-state index in [-0.39, 0.29) is 0 Å². The van der Waals surface area contributed by atoms with Gasteiger partial charge in [-0.1, -0.05) is 0 Å². The van der Waals surface area contributed by atoms with Crippen LogP contribution in [0.4, 0.5) is 5.69 Å². The molecule has 1 aromatic rings. The molecule has 0 N–H and O–H groups in total. The molecule has 0 aliphatic carbocycles. The molecule has 3 nitrogen and oxygen atoms in total. The van der Waals surface area contributed by atoms with E-state index in [1.165, 1.54) is 51.1 Å². The summed E-state index contributed by atoms with van der Waals surface area (Å²) in [5, 5.41) is 0. The van der Waals surface area contributed by atoms with E-state index in [1.54, 1.807) is 0 Å². The number of piperidine rings is 1. The number of nitrogens with zero attached hydrogens (tertiary/aromatic N) is 3. The second-order valence-electron chi connectivity index (χ2n) is 5.91. The Bertz CT molecular complexity index is 419. The molecule has 4 rings (SSSR count). The Morgan fingerprint density at radius 1 is 1.35 bits per heavy atom. The summed E-state index contributed by atoms with van der Waals surface area (Å²) in [4.78, 5) is 9.52. The van der Waals surface area contributed by atoms with Crippen LogP contribution < -0.4 is 4.90 Å². The number of rotatable bonds is 1. The molecule has 3 heteroatoms. The SMILES string of the molecule is c1cncc(N2CCC3(CC4CCN3C4)C2)c1. The number of aromatic nitrogens is 1. The molecule has 17 heavy (non-hydrogen) atoms. The van der Waals surface area contributed by atoms with Gasteiger partial charge >= 0.3 is 0 Å². The molecule has 1 aromatic heterocycles. The van der Waals surface area contributed by atoms with Crippen LogP contribution in [0.5, 0.6) is 0 Å². The lowest BCUT2D eigenvalue weighted by molar-refractivity contribution is 0.155. The molecular weight excluding hydrogens is 210 g/mol. The summed E-state index contributed by atoms with van der Waals surface area (Å²) in [7, 11) is 0. The average molecular weight is 229 g/mol. The summed E-state index contributed by atoms with van der Waals surface area (Å²) in [6.07, 6.45) is 8.08. The molecule has 3 fully saturated rings. The highest BCUT2D eigenvalue weighted by atomic mass is 15.3. The summed E-state index contributed by atoms with van der Waals surface area (Å²) in [5.74, 6) is 0.990. The van der Waals surface area contributed by atoms with Crippen LogP contribution in [-0.4, -0.2) is 41.6 Å². The molecule has 90 valence electrons. The molecular formula is C14H19N3. The van der Waals surface area contributed by atoms with Crippen LogP contribution in [0.25, 0.3) is 0 Å². The number of fused-ring (bicyclic) bond motifs is 3. The predicted octanol–water partition coefficient (Wildman–Crippen LogP) is 1.76. The Morgan fingerprint density at radius 2 is 2.35 bits per heavy atom. The van der Waals surface area contributed by atoms with Gasteiger partial charge in [-0.25, -0.2) is 0 Å². The highest BCUT2D eigenvalue weighted by molar-refractivity contribution is 5.46. The molecule has 3 saturated heterocycles. The Labute approximate surface area is 102 Å². The van der Waals surface area contributed by atoms with E-state index in [1.807, 2.05) is 18.5 Å². The lowest BCUT2D eigenvalue weighted by Gasteiger charge is -2.36. The van der Waals surface area contributed by atoms with Gasteiger partial charge in [-0.3, -0.25) is 9.88 Å². The highest BCUT2D eigenvalue weighted by Gasteiger charge is 2.52. The van der Waals surface area contributed by atoms with Crippen molar-refractivity contribution in [1.29, 1.82) is 0 Å². The fraction of sp³-hybridized carbons (Fsp3) is 0.643. The number of hydrogen-bond donors (Lipinski definition) is 0. The molecule has 4 heterocycles. The Balaban J connectivity index is 1.57. The summed E-state index contributed by atoms with van der Waals surface area (Å²) in [5.41, 5.74) is 1.81. The Hall–Kier alpha value is -1.09. The highest BCUT2D eigenvalue weighted by Crippen LogP contribution is 2.46. The normalized spacial score (nSPS) is 39.4. The molecule has 0 radical (unpaired) electrons. The van der Waals surface area contributed by atoms with Gasteiger partial charge in [0, 0.05) is 31.4 Å². The molecule has 3 atom stereocenters. The van der Waals surface area contributed by atoms with Crippen LogP contribution in [0.2, 0.25) is 0 Å². The van der Waals surface area contributed by atoms with E-state index in [9.17, 15) is 0 Å². The van der Waals surface area contributed by atoms with E-state index < -0.39 is 0 Å². The van der Waals surface area contributed by atoms with Crippen molar-refractivity contribution in [3.05, 3.63) is 24.5 Å². The van der Waals surface area contributed by atoms with Crippen molar-refractivity contribution in [1.82, 2.24) is 9.88 Å². The van der Waals surface area contributed by atoms with E-state index in [0.29, 0.717) is 5.54 Å². The number of hydrogen-bond acceptors (Lipinski definition) is 3. The van der Waals surface area contributed by atoms with Crippen molar-refractivity contribution >= 4 is 5.69 Å². The minimum Gasteiger partial charge on any atom is -0.368 e. The third kappa shape index (κ3) is 1.41. The second kappa shape index (κ2) is 3.45. The molecule has 1 spiro atoms. The van der Waals surface area contributed by atoms with Gasteiger partial charge < -0.3 is 4.90 Å². The summed E-state index contributed by atoms with van der Waals surface area (Å²) >= 11 is 0. The summed E-state index contributed by atoms with van der Waals surface area (Å²) in [6.45, 7) is 5.12. The third-order valence-electron chi connectivity index (χ3n) is 4.97. The van der Waals surface area contributed by atoms with Crippen molar-refractivity contribution in [2.75, 3.05) is 31.1 Å². The first kappa shape index (κ1) is 9.89. The molecule has 0 aromatic carbocycles. The zero-order valence-corrected chi connectivity index (χ0v) is 10.2. The topological polar surface area (TPSA) is 19.4 Å². The first-order valence-corrected chi connectivity index (χ1v) is 6.76. The minimum absolute atomic E-state index is 0.513. The molecule has 0 amide bonds. The largest absolute Gasteiger partial charge is 0.368 e. The lowest BCUT2D eigenvalue weighted by atomic mass is 9.87. The van der Waals surface area contributed by atoms with Crippen molar-refractivity contribution in [3.8, 4) is 0 Å². The van der Waals surface area contributed by atoms with Crippen LogP contribution in [0.3, 0.4) is 0 Å². The lowest BCUT2D eigenvalue weighted by Crippen LogP contribution is -2.46. The van der Waals surface area contributed by atoms with Gasteiger partial charge in [0.25, 0.3) is 0 Å². The third-order valence-corrected chi connectivity index (χ3v) is 4.97. The smallest absolute Gasteiger partial charge is 0.0553 e. The van der Waals surface area contributed by atoms with Gasteiger partial charge in [0.05, 0.1) is 11.9 Å². The van der Waals surface area contributed by atoms with Gasteiger partial charge in [0.15, 0.2) is 0 Å². The molecule has 3 aliphatic rings. The van der Waals surface area contributed by atoms with Crippen molar-refractivity contribution in [2.45, 2.75) is 24.8 Å². The number of pyridine rings is 1. The maximum atomic E-state index is 4.24. The van der Waals surface area contributed by atoms with Crippen LogP contribution in [0, 0.1) is 5.92 Å². The monoisotopic (exact) mass is 229 g/mol. The van der Waals surface area contributed by atoms with E-state index in [2.05, 4.69) is 20.9 Å². The number of anilines is 1. The van der Waals surface area contributed by atoms with Crippen molar-refractivity contribution in [2.24, 2.45) is 5.92 Å². The second-order valence-corrected chi connectivity index (χ2v) is 5.91. The Morgan fingerprint density at radius 3 is 3.06 bits per heavy atom. The standard InChI is InChI=1S/C14H19N3/c1-2-13(9-15-5-1)16-7-4-14(11-16)8-12-3-6-17(14)10-12/h1-2,5,9,12H,3-4,6-8,10-11H2. The molecule has 0 saturated carbocycles. The van der Waals surface area contributed by atoms with Gasteiger partial charge in [-0.05, 0) is 43.9 Å². The Kier molecular flexibility index (Phi) is 2.01. The van der Waals surface area contributed by atoms with Gasteiger partial charge in [-0.2, -0.15) is 0 Å². The molecule has 3 aliphatic heterocycles. The van der Waals surface area contributed by atoms with Gasteiger partial charge in [0.1, 0.15) is 0 Å². The van der Waals surface area contributed by atoms with E-state index >= 15 is 0 Å². The van der Waals surface area contributed by atoms with Crippen molar-refractivity contribution < 1.29 is 0 Å². The summed E-state index contributed by atoms with van der Waals surface area (Å²) < 4.78 is 0. The fourth-order valence-electron chi connectivity index (χ4n) is 4.14. The van der Waals surface area contributed by atoms with Crippen LogP contribution in [0.15, 0.2) is 24.5 Å². The van der Waals surface area contributed by atoms with E-state index in [0.717, 1.165) is 5.92 Å². The maximum Gasteiger partial charge on any atom is 0.0553 e.